The number of nitrogens with zero attached hydrogens (tertiary/aromatic N) is 2. The van der Waals surface area contributed by atoms with Gasteiger partial charge in [-0.15, -0.1) is 0 Å². The van der Waals surface area contributed by atoms with Gasteiger partial charge in [-0.25, -0.2) is 4.79 Å². The zero-order chi connectivity index (χ0) is 21.8. The molecular formula is C24H23N3O4. The van der Waals surface area contributed by atoms with Crippen LogP contribution in [-0.2, 0) is 24.3 Å². The number of amides is 1. The molecule has 4 rings (SSSR count). The number of fused-ring (bicyclic) bond motifs is 1. The van der Waals surface area contributed by atoms with Gasteiger partial charge in [0.1, 0.15) is 6.61 Å². The normalized spacial score (nSPS) is 15.7. The molecule has 1 aliphatic rings. The summed E-state index contributed by atoms with van der Waals surface area (Å²) in [7, 11) is 2.01. The number of ether oxygens (including phenoxy) is 1. The number of non-ortho nitro benzene ring substituents is 1. The topological polar surface area (TPSA) is 84.7 Å². The van der Waals surface area contributed by atoms with Crippen LogP contribution in [0.3, 0.4) is 0 Å². The van der Waals surface area contributed by atoms with Crippen molar-refractivity contribution in [2.24, 2.45) is 0 Å². The maximum absolute atomic E-state index is 12.0. The summed E-state index contributed by atoms with van der Waals surface area (Å²) in [5.41, 5.74) is 4.96. The molecule has 158 valence electrons. The van der Waals surface area contributed by atoms with Gasteiger partial charge in [0, 0.05) is 30.4 Å². The van der Waals surface area contributed by atoms with E-state index < -0.39 is 6.09 Å². The van der Waals surface area contributed by atoms with Crippen LogP contribution in [0.1, 0.15) is 28.3 Å². The van der Waals surface area contributed by atoms with Gasteiger partial charge in [-0.3, -0.25) is 20.3 Å². The number of nitro groups is 1. The predicted octanol–water partition coefficient (Wildman–Crippen LogP) is 5.07. The third kappa shape index (κ3) is 4.90. The lowest BCUT2D eigenvalue weighted by Gasteiger charge is -2.34. The summed E-state index contributed by atoms with van der Waals surface area (Å²) in [6, 6.07) is 22.5. The van der Waals surface area contributed by atoms with E-state index in [1.807, 2.05) is 67.7 Å². The molecule has 1 unspecified atom stereocenters. The van der Waals surface area contributed by atoms with E-state index in [4.69, 9.17) is 4.74 Å². The first-order valence-electron chi connectivity index (χ1n) is 10.0. The summed E-state index contributed by atoms with van der Waals surface area (Å²) in [6.45, 7) is 0.864. The molecule has 0 bridgehead atoms. The molecule has 3 aromatic rings. The molecule has 31 heavy (non-hydrogen) atoms. The summed E-state index contributed by atoms with van der Waals surface area (Å²) in [5.74, 6) is 0. The summed E-state index contributed by atoms with van der Waals surface area (Å²) in [5, 5.41) is 13.8. The molecule has 0 spiro atoms. The second-order valence-corrected chi connectivity index (χ2v) is 7.65. The predicted molar refractivity (Wildman–Crippen MR) is 118 cm³/mol. The molecule has 1 atom stereocenters. The first-order chi connectivity index (χ1) is 15.0. The number of carbonyl (C=O) groups excluding carboxylic acids is 1. The summed E-state index contributed by atoms with van der Waals surface area (Å²) < 4.78 is 5.25. The maximum atomic E-state index is 12.0. The number of nitrogens with one attached hydrogen (secondary N) is 1. The van der Waals surface area contributed by atoms with Crippen molar-refractivity contribution < 1.29 is 14.5 Å². The van der Waals surface area contributed by atoms with Crippen LogP contribution >= 0.6 is 0 Å². The van der Waals surface area contributed by atoms with Crippen LogP contribution < -0.4 is 5.32 Å². The van der Waals surface area contributed by atoms with Crippen LogP contribution in [0.2, 0.25) is 0 Å². The average molecular weight is 417 g/mol. The van der Waals surface area contributed by atoms with Gasteiger partial charge < -0.3 is 4.74 Å². The standard InChI is InChI=1S/C24H23N3O4/c1-26-15-20-13-22(27(29)30)12-9-19(20)14-23(26)18-7-10-21(11-8-18)25-24(28)31-16-17-5-3-2-4-6-17/h2-13,23H,14-16H2,1H3,(H,25,28). The molecule has 7 nitrogen and oxygen atoms in total. The van der Waals surface area contributed by atoms with Crippen molar-refractivity contribution in [1.82, 2.24) is 4.90 Å². The van der Waals surface area contributed by atoms with Gasteiger partial charge in [0.05, 0.1) is 4.92 Å². The van der Waals surface area contributed by atoms with Crippen molar-refractivity contribution in [2.75, 3.05) is 12.4 Å². The lowest BCUT2D eigenvalue weighted by atomic mass is 9.90. The minimum Gasteiger partial charge on any atom is -0.444 e. The molecule has 0 saturated carbocycles. The van der Waals surface area contributed by atoms with E-state index in [1.54, 1.807) is 12.1 Å². The second kappa shape index (κ2) is 8.97. The van der Waals surface area contributed by atoms with Crippen molar-refractivity contribution >= 4 is 17.5 Å². The SMILES string of the molecule is CN1Cc2cc([N+](=O)[O-])ccc2CC1c1ccc(NC(=O)OCc2ccccc2)cc1. The zero-order valence-electron chi connectivity index (χ0n) is 17.2. The molecule has 1 amide bonds. The minimum absolute atomic E-state index is 0.125. The molecule has 3 aromatic carbocycles. The third-order valence-electron chi connectivity index (χ3n) is 5.52. The fourth-order valence-corrected chi connectivity index (χ4v) is 3.85. The Balaban J connectivity index is 1.38. The minimum atomic E-state index is -0.498. The van der Waals surface area contributed by atoms with Gasteiger partial charge in [-0.2, -0.15) is 0 Å². The Bertz CT molecular complexity index is 1080. The Labute approximate surface area is 180 Å². The summed E-state index contributed by atoms with van der Waals surface area (Å²) >= 11 is 0. The van der Waals surface area contributed by atoms with E-state index >= 15 is 0 Å². The van der Waals surface area contributed by atoms with Gasteiger partial charge in [-0.1, -0.05) is 48.5 Å². The van der Waals surface area contributed by atoms with Crippen LogP contribution in [0.25, 0.3) is 0 Å². The molecule has 7 heteroatoms. The Kier molecular flexibility index (Phi) is 5.95. The van der Waals surface area contributed by atoms with Crippen molar-refractivity contribution in [3.63, 3.8) is 0 Å². The van der Waals surface area contributed by atoms with Crippen molar-refractivity contribution in [3.05, 3.63) is 105 Å². The Hall–Kier alpha value is -3.71. The number of carbonyl (C=O) groups is 1. The quantitative estimate of drug-likeness (QED) is 0.463. The van der Waals surface area contributed by atoms with E-state index in [2.05, 4.69) is 10.2 Å². The summed E-state index contributed by atoms with van der Waals surface area (Å²) in [4.78, 5) is 24.9. The highest BCUT2D eigenvalue weighted by Gasteiger charge is 2.26. The van der Waals surface area contributed by atoms with Crippen molar-refractivity contribution in [2.45, 2.75) is 25.6 Å². The fourth-order valence-electron chi connectivity index (χ4n) is 3.85. The van der Waals surface area contributed by atoms with Gasteiger partial charge >= 0.3 is 6.09 Å². The zero-order valence-corrected chi connectivity index (χ0v) is 17.2. The number of hydrogen-bond acceptors (Lipinski definition) is 5. The van der Waals surface area contributed by atoms with Gasteiger partial charge in [0.15, 0.2) is 0 Å². The highest BCUT2D eigenvalue weighted by molar-refractivity contribution is 5.84. The first-order valence-corrected chi connectivity index (χ1v) is 10.0. The van der Waals surface area contributed by atoms with Crippen molar-refractivity contribution in [3.8, 4) is 0 Å². The molecule has 0 fully saturated rings. The Morgan fingerprint density at radius 3 is 2.55 bits per heavy atom. The molecule has 1 aliphatic heterocycles. The van der Waals surface area contributed by atoms with Gasteiger partial charge in [-0.05, 0) is 47.9 Å². The maximum Gasteiger partial charge on any atom is 0.411 e. The van der Waals surface area contributed by atoms with E-state index in [9.17, 15) is 14.9 Å². The smallest absolute Gasteiger partial charge is 0.411 e. The van der Waals surface area contributed by atoms with E-state index in [-0.39, 0.29) is 23.3 Å². The lowest BCUT2D eigenvalue weighted by Crippen LogP contribution is -2.30. The highest BCUT2D eigenvalue weighted by Crippen LogP contribution is 2.34. The van der Waals surface area contributed by atoms with E-state index in [1.165, 1.54) is 0 Å². The molecule has 0 aliphatic carbocycles. The third-order valence-corrected chi connectivity index (χ3v) is 5.52. The molecule has 0 radical (unpaired) electrons. The number of likely N-dealkylation sites (N-methyl/N-ethyl adjacent to an activating group) is 1. The van der Waals surface area contributed by atoms with E-state index in [0.29, 0.717) is 12.2 Å². The van der Waals surface area contributed by atoms with Crippen LogP contribution in [0.15, 0.2) is 72.8 Å². The molecule has 0 saturated heterocycles. The lowest BCUT2D eigenvalue weighted by molar-refractivity contribution is -0.385. The molecular weight excluding hydrogens is 394 g/mol. The van der Waals surface area contributed by atoms with E-state index in [0.717, 1.165) is 28.7 Å². The van der Waals surface area contributed by atoms with Gasteiger partial charge in [0.2, 0.25) is 0 Å². The molecule has 1 heterocycles. The van der Waals surface area contributed by atoms with Crippen LogP contribution in [-0.4, -0.2) is 23.0 Å². The summed E-state index contributed by atoms with van der Waals surface area (Å²) in [6.07, 6.45) is 0.275. The number of nitro benzene ring substituents is 1. The number of anilines is 1. The second-order valence-electron chi connectivity index (χ2n) is 7.65. The number of benzene rings is 3. The van der Waals surface area contributed by atoms with Crippen molar-refractivity contribution in [1.29, 1.82) is 0 Å². The average Bonchev–Trinajstić information content (AvgIpc) is 2.78. The fraction of sp³-hybridized carbons (Fsp3) is 0.208. The molecule has 0 aromatic heterocycles. The monoisotopic (exact) mass is 417 g/mol. The Morgan fingerprint density at radius 1 is 1.10 bits per heavy atom. The van der Waals surface area contributed by atoms with Crippen LogP contribution in [0.4, 0.5) is 16.2 Å². The number of rotatable bonds is 5. The number of hydrogen-bond donors (Lipinski definition) is 1. The van der Waals surface area contributed by atoms with Gasteiger partial charge in [0.25, 0.3) is 5.69 Å². The van der Waals surface area contributed by atoms with Crippen LogP contribution in [0, 0.1) is 10.1 Å². The first kappa shape index (κ1) is 20.6. The Morgan fingerprint density at radius 2 is 1.84 bits per heavy atom. The van der Waals surface area contributed by atoms with Crippen LogP contribution in [0.5, 0.6) is 0 Å². The highest BCUT2D eigenvalue weighted by atomic mass is 16.6. The largest absolute Gasteiger partial charge is 0.444 e. The molecule has 1 N–H and O–H groups in total.